The molecule has 1 aliphatic rings. The number of hydrogen-bond donors (Lipinski definition) is 0. The molecule has 1 unspecified atom stereocenters. The molecule has 5 nitrogen and oxygen atoms in total. The molecule has 0 aromatic rings. The molecule has 0 aliphatic heterocycles. The zero-order valence-corrected chi connectivity index (χ0v) is 12.7. The van der Waals surface area contributed by atoms with E-state index in [-0.39, 0.29) is 18.6 Å². The van der Waals surface area contributed by atoms with E-state index >= 15 is 0 Å². The number of allylic oxidation sites excluding steroid dienone is 2. The summed E-state index contributed by atoms with van der Waals surface area (Å²) in [5.41, 5.74) is -6.22. The lowest BCUT2D eigenvalue weighted by atomic mass is 9.93. The molecule has 0 aromatic carbocycles. The predicted molar refractivity (Wildman–Crippen MR) is 67.3 cm³/mol. The summed E-state index contributed by atoms with van der Waals surface area (Å²) in [6.07, 6.45) is 1.62. The van der Waals surface area contributed by atoms with E-state index in [1.54, 1.807) is 20.8 Å². The van der Waals surface area contributed by atoms with Gasteiger partial charge >= 0.3 is 21.6 Å². The molecular weight excluding hydrogens is 313 g/mol. The van der Waals surface area contributed by atoms with Crippen molar-refractivity contribution in [3.63, 3.8) is 0 Å². The van der Waals surface area contributed by atoms with Crippen molar-refractivity contribution in [3.8, 4) is 0 Å². The monoisotopic (exact) mass is 330 g/mol. The highest BCUT2D eigenvalue weighted by Gasteiger charge is 2.49. The highest BCUT2D eigenvalue weighted by atomic mass is 32.2. The van der Waals surface area contributed by atoms with E-state index < -0.39 is 33.1 Å². The van der Waals surface area contributed by atoms with Crippen LogP contribution in [0.15, 0.2) is 11.8 Å². The minimum atomic E-state index is -5.70. The Balaban J connectivity index is 2.74. The Morgan fingerprint density at radius 2 is 1.86 bits per heavy atom. The van der Waals surface area contributed by atoms with Crippen LogP contribution < -0.4 is 0 Å². The van der Waals surface area contributed by atoms with E-state index in [1.807, 2.05) is 0 Å². The van der Waals surface area contributed by atoms with Crippen LogP contribution in [0.25, 0.3) is 0 Å². The highest BCUT2D eigenvalue weighted by molar-refractivity contribution is 7.87. The van der Waals surface area contributed by atoms with Gasteiger partial charge in [-0.25, -0.2) is 0 Å². The number of carbonyl (C=O) groups is 1. The van der Waals surface area contributed by atoms with E-state index in [2.05, 4.69) is 4.18 Å². The van der Waals surface area contributed by atoms with Gasteiger partial charge in [0.15, 0.2) is 0 Å². The lowest BCUT2D eigenvalue weighted by molar-refractivity contribution is -0.160. The van der Waals surface area contributed by atoms with Gasteiger partial charge in [-0.3, -0.25) is 4.79 Å². The third-order valence-corrected chi connectivity index (χ3v) is 3.58. The Bertz CT molecular complexity index is 528. The minimum Gasteiger partial charge on any atom is -0.460 e. The van der Waals surface area contributed by atoms with Gasteiger partial charge in [-0.2, -0.15) is 21.6 Å². The van der Waals surface area contributed by atoms with Crippen molar-refractivity contribution in [2.75, 3.05) is 0 Å². The van der Waals surface area contributed by atoms with Crippen LogP contribution in [0.1, 0.15) is 40.0 Å². The smallest absolute Gasteiger partial charge is 0.460 e. The molecule has 0 spiro atoms. The first-order valence-corrected chi connectivity index (χ1v) is 7.65. The van der Waals surface area contributed by atoms with E-state index in [0.717, 1.165) is 0 Å². The second-order valence-corrected chi connectivity index (χ2v) is 7.20. The van der Waals surface area contributed by atoms with Crippen LogP contribution in [0.4, 0.5) is 13.2 Å². The van der Waals surface area contributed by atoms with Crippen molar-refractivity contribution < 1.29 is 35.3 Å². The summed E-state index contributed by atoms with van der Waals surface area (Å²) in [6, 6.07) is 0. The van der Waals surface area contributed by atoms with Crippen molar-refractivity contribution >= 4 is 16.1 Å². The number of esters is 1. The Kier molecular flexibility index (Phi) is 4.97. The first-order valence-electron chi connectivity index (χ1n) is 6.24. The van der Waals surface area contributed by atoms with Crippen LogP contribution in [-0.4, -0.2) is 25.5 Å². The maximum absolute atomic E-state index is 12.2. The normalized spacial score (nSPS) is 20.7. The predicted octanol–water partition coefficient (Wildman–Crippen LogP) is 2.88. The van der Waals surface area contributed by atoms with E-state index in [9.17, 15) is 26.4 Å². The Hall–Kier alpha value is -1.25. The van der Waals surface area contributed by atoms with Crippen LogP contribution in [0, 0.1) is 5.92 Å². The number of alkyl halides is 3. The number of hydrogen-bond acceptors (Lipinski definition) is 5. The average molecular weight is 330 g/mol. The Labute approximate surface area is 121 Å². The summed E-state index contributed by atoms with van der Waals surface area (Å²) in [6.45, 7) is 4.99. The van der Waals surface area contributed by atoms with Gasteiger partial charge in [0.2, 0.25) is 0 Å². The largest absolute Gasteiger partial charge is 0.534 e. The lowest BCUT2D eigenvalue weighted by Gasteiger charge is -2.26. The highest BCUT2D eigenvalue weighted by Crippen LogP contribution is 2.32. The quantitative estimate of drug-likeness (QED) is 0.452. The molecule has 0 saturated heterocycles. The van der Waals surface area contributed by atoms with Crippen molar-refractivity contribution in [2.45, 2.75) is 51.1 Å². The summed E-state index contributed by atoms with van der Waals surface area (Å²) in [7, 11) is -5.70. The van der Waals surface area contributed by atoms with Crippen molar-refractivity contribution in [1.29, 1.82) is 0 Å². The molecule has 1 aliphatic carbocycles. The van der Waals surface area contributed by atoms with Crippen LogP contribution >= 0.6 is 0 Å². The molecule has 122 valence electrons. The fraction of sp³-hybridized carbons (Fsp3) is 0.750. The van der Waals surface area contributed by atoms with E-state index in [4.69, 9.17) is 4.74 Å². The topological polar surface area (TPSA) is 69.7 Å². The molecule has 1 rings (SSSR count). The van der Waals surface area contributed by atoms with Gasteiger partial charge in [0, 0.05) is 6.42 Å². The Morgan fingerprint density at radius 3 is 2.33 bits per heavy atom. The van der Waals surface area contributed by atoms with Crippen molar-refractivity contribution in [3.05, 3.63) is 11.8 Å². The number of rotatable bonds is 3. The standard InChI is InChI=1S/C12H17F3O5S/c1-11(2,3)19-10(16)8-5-4-6-9(7-8)20-21(17,18)12(13,14)15/h6,8H,4-5,7H2,1-3H3. The molecule has 0 N–H and O–H groups in total. The van der Waals surface area contributed by atoms with Gasteiger partial charge in [-0.1, -0.05) is 0 Å². The summed E-state index contributed by atoms with van der Waals surface area (Å²) in [5.74, 6) is -1.68. The van der Waals surface area contributed by atoms with Crippen LogP contribution in [0.5, 0.6) is 0 Å². The summed E-state index contributed by atoms with van der Waals surface area (Å²) in [4.78, 5) is 11.8. The molecule has 9 heteroatoms. The fourth-order valence-electron chi connectivity index (χ4n) is 1.72. The van der Waals surface area contributed by atoms with Gasteiger partial charge in [-0.15, -0.1) is 0 Å². The molecule has 0 amide bonds. The Morgan fingerprint density at radius 1 is 1.29 bits per heavy atom. The van der Waals surface area contributed by atoms with Crippen molar-refractivity contribution in [1.82, 2.24) is 0 Å². The first kappa shape index (κ1) is 17.8. The van der Waals surface area contributed by atoms with Gasteiger partial charge in [0.25, 0.3) is 0 Å². The molecule has 21 heavy (non-hydrogen) atoms. The maximum atomic E-state index is 12.2. The second-order valence-electron chi connectivity index (χ2n) is 5.67. The molecule has 1 atom stereocenters. The number of ether oxygens (including phenoxy) is 1. The van der Waals surface area contributed by atoms with Crippen LogP contribution in [0.2, 0.25) is 0 Å². The van der Waals surface area contributed by atoms with Gasteiger partial charge in [-0.05, 0) is 39.7 Å². The molecule has 0 heterocycles. The summed E-state index contributed by atoms with van der Waals surface area (Å²) < 4.78 is 67.7. The summed E-state index contributed by atoms with van der Waals surface area (Å²) in [5, 5.41) is 0. The van der Waals surface area contributed by atoms with Crippen LogP contribution in [-0.2, 0) is 23.8 Å². The third-order valence-electron chi connectivity index (χ3n) is 2.58. The fourth-order valence-corrected chi connectivity index (χ4v) is 2.23. The zero-order chi connectivity index (χ0) is 16.5. The minimum absolute atomic E-state index is 0.232. The first-order chi connectivity index (χ1) is 9.32. The average Bonchev–Trinajstić information content (AvgIpc) is 2.24. The molecule has 0 bridgehead atoms. The van der Waals surface area contributed by atoms with Crippen molar-refractivity contribution in [2.24, 2.45) is 5.92 Å². The zero-order valence-electron chi connectivity index (χ0n) is 11.9. The second kappa shape index (κ2) is 5.86. The molecule has 0 aromatic heterocycles. The molecule has 0 radical (unpaired) electrons. The third kappa shape index (κ3) is 5.22. The number of carbonyl (C=O) groups excluding carboxylic acids is 1. The summed E-state index contributed by atoms with van der Waals surface area (Å²) >= 11 is 0. The van der Waals surface area contributed by atoms with Gasteiger partial charge in [0.1, 0.15) is 11.4 Å². The maximum Gasteiger partial charge on any atom is 0.534 e. The molecule has 0 fully saturated rings. The number of halogens is 3. The van der Waals surface area contributed by atoms with Gasteiger partial charge in [0.05, 0.1) is 5.92 Å². The SMILES string of the molecule is CC(C)(C)OC(=O)C1CCC=C(OS(=O)(=O)C(F)(F)F)C1. The van der Waals surface area contributed by atoms with E-state index in [0.29, 0.717) is 6.42 Å². The molecule has 0 saturated carbocycles. The van der Waals surface area contributed by atoms with E-state index in [1.165, 1.54) is 6.08 Å². The lowest BCUT2D eigenvalue weighted by Crippen LogP contribution is -2.31. The van der Waals surface area contributed by atoms with Gasteiger partial charge < -0.3 is 8.92 Å². The van der Waals surface area contributed by atoms with Crippen LogP contribution in [0.3, 0.4) is 0 Å². The molecular formula is C12H17F3O5S.